The third-order valence-electron chi connectivity index (χ3n) is 2.45. The molecule has 0 fully saturated rings. The summed E-state index contributed by atoms with van der Waals surface area (Å²) < 4.78 is 5.05. The van der Waals surface area contributed by atoms with Gasteiger partial charge in [0.2, 0.25) is 0 Å². The number of rotatable bonds is 6. The molecule has 0 saturated carbocycles. The molecule has 0 aliphatic heterocycles. The molecule has 0 saturated heterocycles. The number of unbranched alkanes of at least 4 members (excludes halogenated alkanes) is 1. The van der Waals surface area contributed by atoms with Crippen molar-refractivity contribution in [3.05, 3.63) is 35.4 Å². The lowest BCUT2D eigenvalue weighted by molar-refractivity contribution is 0.163. The third kappa shape index (κ3) is 4.06. The smallest absolute Gasteiger partial charge is 0.0790 e. The maximum absolute atomic E-state index is 9.93. The Hall–Kier alpha value is -1.30. The summed E-state index contributed by atoms with van der Waals surface area (Å²) in [5.74, 6) is 2.58. The van der Waals surface area contributed by atoms with Crippen LogP contribution in [0.2, 0.25) is 0 Å². The molecule has 16 heavy (non-hydrogen) atoms. The van der Waals surface area contributed by atoms with Crippen molar-refractivity contribution >= 4 is 0 Å². The number of aliphatic hydroxyl groups excluding tert-OH is 1. The first-order chi connectivity index (χ1) is 7.77. The van der Waals surface area contributed by atoms with E-state index < -0.39 is 6.10 Å². The van der Waals surface area contributed by atoms with Crippen LogP contribution < -0.4 is 0 Å². The van der Waals surface area contributed by atoms with Gasteiger partial charge in [-0.15, -0.1) is 12.3 Å². The van der Waals surface area contributed by atoms with Crippen LogP contribution in [0.1, 0.15) is 36.5 Å². The van der Waals surface area contributed by atoms with Crippen LogP contribution in [0, 0.1) is 12.3 Å². The van der Waals surface area contributed by atoms with E-state index in [1.165, 1.54) is 0 Å². The van der Waals surface area contributed by atoms with Gasteiger partial charge in [0.15, 0.2) is 0 Å². The molecular formula is C14H18O2. The normalized spacial score (nSPS) is 12.1. The van der Waals surface area contributed by atoms with Gasteiger partial charge in [0.1, 0.15) is 0 Å². The van der Waals surface area contributed by atoms with Gasteiger partial charge in [-0.2, -0.15) is 0 Å². The minimum absolute atomic E-state index is 0.426. The molecule has 1 aromatic carbocycles. The number of hydrogen-bond acceptors (Lipinski definition) is 2. The zero-order valence-electron chi connectivity index (χ0n) is 9.65. The summed E-state index contributed by atoms with van der Waals surface area (Å²) in [5, 5.41) is 9.93. The van der Waals surface area contributed by atoms with Crippen LogP contribution in [0.4, 0.5) is 0 Å². The Balaban J connectivity index is 2.57. The SMILES string of the molecule is C#CCCCC(O)c1cccc(COC)c1. The second kappa shape index (κ2) is 7.05. The molecule has 0 radical (unpaired) electrons. The standard InChI is InChI=1S/C14H18O2/c1-3-4-5-9-14(15)13-8-6-7-12(10-13)11-16-2/h1,6-8,10,14-15H,4-5,9,11H2,2H3. The molecule has 1 atom stereocenters. The zero-order chi connectivity index (χ0) is 11.8. The maximum Gasteiger partial charge on any atom is 0.0790 e. The maximum atomic E-state index is 9.93. The molecule has 1 aromatic rings. The van der Waals surface area contributed by atoms with Gasteiger partial charge < -0.3 is 9.84 Å². The molecule has 1 rings (SSSR count). The molecule has 2 nitrogen and oxygen atoms in total. The largest absolute Gasteiger partial charge is 0.388 e. The van der Waals surface area contributed by atoms with Crippen LogP contribution in [0.3, 0.4) is 0 Å². The molecule has 0 aliphatic rings. The lowest BCUT2D eigenvalue weighted by Gasteiger charge is -2.11. The summed E-state index contributed by atoms with van der Waals surface area (Å²) in [6.07, 6.45) is 7.02. The van der Waals surface area contributed by atoms with Crippen LogP contribution in [0.25, 0.3) is 0 Å². The Labute approximate surface area is 97.3 Å². The van der Waals surface area contributed by atoms with E-state index in [1.807, 2.05) is 24.3 Å². The van der Waals surface area contributed by atoms with Crippen molar-refractivity contribution in [3.8, 4) is 12.3 Å². The molecule has 0 bridgehead atoms. The second-order valence-corrected chi connectivity index (χ2v) is 3.79. The Morgan fingerprint density at radius 2 is 2.31 bits per heavy atom. The van der Waals surface area contributed by atoms with Gasteiger partial charge in [-0.3, -0.25) is 0 Å². The van der Waals surface area contributed by atoms with E-state index in [2.05, 4.69) is 5.92 Å². The van der Waals surface area contributed by atoms with E-state index in [0.717, 1.165) is 24.0 Å². The number of methoxy groups -OCH3 is 1. The van der Waals surface area contributed by atoms with Crippen LogP contribution in [0.5, 0.6) is 0 Å². The fourth-order valence-electron chi connectivity index (χ4n) is 1.62. The number of aliphatic hydroxyl groups is 1. The first-order valence-electron chi connectivity index (χ1n) is 5.47. The van der Waals surface area contributed by atoms with Gasteiger partial charge in [0.25, 0.3) is 0 Å². The van der Waals surface area contributed by atoms with Crippen molar-refractivity contribution in [2.24, 2.45) is 0 Å². The summed E-state index contributed by atoms with van der Waals surface area (Å²) in [5.41, 5.74) is 2.02. The number of terminal acetylenes is 1. The highest BCUT2D eigenvalue weighted by molar-refractivity contribution is 5.24. The van der Waals surface area contributed by atoms with Crippen LogP contribution in [-0.4, -0.2) is 12.2 Å². The minimum Gasteiger partial charge on any atom is -0.388 e. The predicted octanol–water partition coefficient (Wildman–Crippen LogP) is 2.67. The van der Waals surface area contributed by atoms with E-state index in [9.17, 15) is 5.11 Å². The molecule has 0 spiro atoms. The Morgan fingerprint density at radius 1 is 1.50 bits per heavy atom. The van der Waals surface area contributed by atoms with Crippen molar-refractivity contribution in [2.45, 2.75) is 32.0 Å². The average Bonchev–Trinajstić information content (AvgIpc) is 2.30. The van der Waals surface area contributed by atoms with E-state index in [-0.39, 0.29) is 0 Å². The Bertz CT molecular complexity index is 352. The molecule has 2 heteroatoms. The molecule has 0 amide bonds. The van der Waals surface area contributed by atoms with E-state index >= 15 is 0 Å². The Kier molecular flexibility index (Phi) is 5.63. The molecule has 0 aliphatic carbocycles. The highest BCUT2D eigenvalue weighted by Gasteiger charge is 2.07. The van der Waals surface area contributed by atoms with Gasteiger partial charge in [-0.1, -0.05) is 24.3 Å². The van der Waals surface area contributed by atoms with Gasteiger partial charge in [-0.05, 0) is 24.0 Å². The van der Waals surface area contributed by atoms with Crippen molar-refractivity contribution < 1.29 is 9.84 Å². The molecule has 86 valence electrons. The highest BCUT2D eigenvalue weighted by Crippen LogP contribution is 2.20. The monoisotopic (exact) mass is 218 g/mol. The van der Waals surface area contributed by atoms with Crippen molar-refractivity contribution in [1.82, 2.24) is 0 Å². The lowest BCUT2D eigenvalue weighted by Crippen LogP contribution is -1.98. The lowest BCUT2D eigenvalue weighted by atomic mass is 10.0. The summed E-state index contributed by atoms with van der Waals surface area (Å²) in [7, 11) is 1.66. The fraction of sp³-hybridized carbons (Fsp3) is 0.429. The quantitative estimate of drug-likeness (QED) is 0.587. The van der Waals surface area contributed by atoms with Gasteiger partial charge in [-0.25, -0.2) is 0 Å². The van der Waals surface area contributed by atoms with Crippen molar-refractivity contribution in [2.75, 3.05) is 7.11 Å². The van der Waals surface area contributed by atoms with Crippen molar-refractivity contribution in [3.63, 3.8) is 0 Å². The van der Waals surface area contributed by atoms with E-state index in [0.29, 0.717) is 13.0 Å². The topological polar surface area (TPSA) is 29.5 Å². The zero-order valence-corrected chi connectivity index (χ0v) is 9.65. The van der Waals surface area contributed by atoms with Crippen molar-refractivity contribution in [1.29, 1.82) is 0 Å². The molecular weight excluding hydrogens is 200 g/mol. The predicted molar refractivity (Wildman–Crippen MR) is 64.8 cm³/mol. The first kappa shape index (κ1) is 12.8. The number of hydrogen-bond donors (Lipinski definition) is 1. The number of ether oxygens (including phenoxy) is 1. The van der Waals surface area contributed by atoms with Crippen LogP contribution in [0.15, 0.2) is 24.3 Å². The van der Waals surface area contributed by atoms with Gasteiger partial charge >= 0.3 is 0 Å². The summed E-state index contributed by atoms with van der Waals surface area (Å²) in [6.45, 7) is 0.574. The number of benzene rings is 1. The minimum atomic E-state index is -0.426. The van der Waals surface area contributed by atoms with Crippen LogP contribution in [-0.2, 0) is 11.3 Å². The molecule has 1 N–H and O–H groups in total. The summed E-state index contributed by atoms with van der Waals surface area (Å²) in [6, 6.07) is 7.83. The first-order valence-corrected chi connectivity index (χ1v) is 5.47. The second-order valence-electron chi connectivity index (χ2n) is 3.79. The molecule has 1 unspecified atom stereocenters. The van der Waals surface area contributed by atoms with E-state index in [4.69, 9.17) is 11.2 Å². The molecule has 0 aromatic heterocycles. The summed E-state index contributed by atoms with van der Waals surface area (Å²) >= 11 is 0. The molecule has 0 heterocycles. The van der Waals surface area contributed by atoms with Crippen LogP contribution >= 0.6 is 0 Å². The highest BCUT2D eigenvalue weighted by atomic mass is 16.5. The van der Waals surface area contributed by atoms with E-state index in [1.54, 1.807) is 7.11 Å². The third-order valence-corrected chi connectivity index (χ3v) is 2.45. The fourth-order valence-corrected chi connectivity index (χ4v) is 1.62. The summed E-state index contributed by atoms with van der Waals surface area (Å²) in [4.78, 5) is 0. The average molecular weight is 218 g/mol. The Morgan fingerprint density at radius 3 is 3.00 bits per heavy atom. The van der Waals surface area contributed by atoms with Gasteiger partial charge in [0.05, 0.1) is 12.7 Å². The van der Waals surface area contributed by atoms with Gasteiger partial charge in [0, 0.05) is 13.5 Å².